The lowest BCUT2D eigenvalue weighted by molar-refractivity contribution is -0.149. The summed E-state index contributed by atoms with van der Waals surface area (Å²) in [6.45, 7) is 9.19. The lowest BCUT2D eigenvalue weighted by atomic mass is 9.84. The Hall–Kier alpha value is -1.56. The van der Waals surface area contributed by atoms with E-state index in [9.17, 15) is 4.79 Å². The molecule has 1 fully saturated rings. The topological polar surface area (TPSA) is 53.9 Å². The van der Waals surface area contributed by atoms with Gasteiger partial charge in [0, 0.05) is 36.6 Å². The molecule has 0 bridgehead atoms. The molecule has 0 spiro atoms. The molecule has 1 saturated heterocycles. The molecule has 144 valence electrons. The molecular formula is C20H30BrN3O2. The Balaban J connectivity index is 1.90. The first-order chi connectivity index (χ1) is 12.4. The minimum absolute atomic E-state index is 0.0140. The van der Waals surface area contributed by atoms with E-state index in [1.54, 1.807) is 0 Å². The molecular weight excluding hydrogens is 394 g/mol. The van der Waals surface area contributed by atoms with Gasteiger partial charge in [0.2, 0.25) is 0 Å². The van der Waals surface area contributed by atoms with Crippen LogP contribution in [0.5, 0.6) is 0 Å². The minimum atomic E-state index is -0.0635. The quantitative estimate of drug-likeness (QED) is 0.446. The van der Waals surface area contributed by atoms with E-state index in [4.69, 9.17) is 4.74 Å². The Bertz CT molecular complexity index is 620. The molecule has 26 heavy (non-hydrogen) atoms. The number of nitrogens with zero attached hydrogens (tertiary/aromatic N) is 2. The van der Waals surface area contributed by atoms with E-state index in [0.717, 1.165) is 42.9 Å². The van der Waals surface area contributed by atoms with Crippen LogP contribution in [-0.4, -0.2) is 50.1 Å². The van der Waals surface area contributed by atoms with E-state index >= 15 is 0 Å². The van der Waals surface area contributed by atoms with Crippen LogP contribution >= 0.6 is 15.9 Å². The SMILES string of the molecule is CCOC(=O)C1CCN(C(=NC)NCC(C)(C)c2ccc(Br)cc2)CC1. The number of aliphatic imine (C=N–C) groups is 1. The van der Waals surface area contributed by atoms with Crippen molar-refractivity contribution in [3.63, 3.8) is 0 Å². The number of carbonyl (C=O) groups excluding carboxylic acids is 1. The number of carbonyl (C=O) groups is 1. The van der Waals surface area contributed by atoms with E-state index < -0.39 is 0 Å². The second kappa shape index (κ2) is 9.40. The largest absolute Gasteiger partial charge is 0.466 e. The molecule has 0 aliphatic carbocycles. The average molecular weight is 424 g/mol. The predicted molar refractivity (Wildman–Crippen MR) is 109 cm³/mol. The van der Waals surface area contributed by atoms with Crippen LogP contribution in [0.25, 0.3) is 0 Å². The summed E-state index contributed by atoms with van der Waals surface area (Å²) in [4.78, 5) is 18.6. The van der Waals surface area contributed by atoms with Crippen LogP contribution in [0.2, 0.25) is 0 Å². The van der Waals surface area contributed by atoms with Crippen molar-refractivity contribution < 1.29 is 9.53 Å². The molecule has 0 amide bonds. The fraction of sp³-hybridized carbons (Fsp3) is 0.600. The van der Waals surface area contributed by atoms with Gasteiger partial charge in [0.25, 0.3) is 0 Å². The van der Waals surface area contributed by atoms with Crippen LogP contribution in [-0.2, 0) is 14.9 Å². The molecule has 0 radical (unpaired) electrons. The normalized spacial score (nSPS) is 16.5. The van der Waals surface area contributed by atoms with Gasteiger partial charge >= 0.3 is 5.97 Å². The van der Waals surface area contributed by atoms with Crippen LogP contribution in [0.1, 0.15) is 39.2 Å². The third-order valence-electron chi connectivity index (χ3n) is 4.94. The monoisotopic (exact) mass is 423 g/mol. The average Bonchev–Trinajstić information content (AvgIpc) is 2.63. The molecule has 2 rings (SSSR count). The predicted octanol–water partition coefficient (Wildman–Crippen LogP) is 3.58. The summed E-state index contributed by atoms with van der Waals surface area (Å²) in [7, 11) is 1.81. The van der Waals surface area contributed by atoms with Crippen LogP contribution in [0.4, 0.5) is 0 Å². The highest BCUT2D eigenvalue weighted by Crippen LogP contribution is 2.24. The number of esters is 1. The zero-order chi connectivity index (χ0) is 19.2. The first kappa shape index (κ1) is 20.7. The number of hydrogen-bond donors (Lipinski definition) is 1. The number of nitrogens with one attached hydrogen (secondary N) is 1. The van der Waals surface area contributed by atoms with Crippen LogP contribution in [0.3, 0.4) is 0 Å². The van der Waals surface area contributed by atoms with Gasteiger partial charge in [-0.05, 0) is 37.5 Å². The number of piperidine rings is 1. The van der Waals surface area contributed by atoms with Crippen molar-refractivity contribution in [2.75, 3.05) is 33.3 Å². The summed E-state index contributed by atoms with van der Waals surface area (Å²) in [5.41, 5.74) is 1.27. The Morgan fingerprint density at radius 3 is 2.46 bits per heavy atom. The zero-order valence-corrected chi connectivity index (χ0v) is 17.8. The van der Waals surface area contributed by atoms with E-state index in [1.165, 1.54) is 5.56 Å². The van der Waals surface area contributed by atoms with Crippen molar-refractivity contribution in [3.8, 4) is 0 Å². The second-order valence-electron chi connectivity index (χ2n) is 7.30. The first-order valence-corrected chi connectivity index (χ1v) is 10.0. The fourth-order valence-electron chi connectivity index (χ4n) is 3.22. The van der Waals surface area contributed by atoms with E-state index in [-0.39, 0.29) is 17.3 Å². The molecule has 1 aliphatic heterocycles. The highest BCUT2D eigenvalue weighted by atomic mass is 79.9. The molecule has 1 aromatic carbocycles. The second-order valence-corrected chi connectivity index (χ2v) is 8.22. The van der Waals surface area contributed by atoms with Gasteiger partial charge < -0.3 is 15.0 Å². The minimum Gasteiger partial charge on any atom is -0.466 e. The third kappa shape index (κ3) is 5.47. The third-order valence-corrected chi connectivity index (χ3v) is 5.47. The maximum Gasteiger partial charge on any atom is 0.309 e. The number of benzene rings is 1. The summed E-state index contributed by atoms with van der Waals surface area (Å²) < 4.78 is 6.23. The Morgan fingerprint density at radius 1 is 1.31 bits per heavy atom. The number of likely N-dealkylation sites (tertiary alicyclic amines) is 1. The van der Waals surface area contributed by atoms with Gasteiger partial charge in [-0.15, -0.1) is 0 Å². The Kier molecular flexibility index (Phi) is 7.50. The lowest BCUT2D eigenvalue weighted by Gasteiger charge is -2.35. The van der Waals surface area contributed by atoms with Crippen molar-refractivity contribution >= 4 is 27.9 Å². The van der Waals surface area contributed by atoms with Gasteiger partial charge in [0.1, 0.15) is 0 Å². The summed E-state index contributed by atoms with van der Waals surface area (Å²) in [5.74, 6) is 0.854. The number of hydrogen-bond acceptors (Lipinski definition) is 3. The molecule has 6 heteroatoms. The van der Waals surface area contributed by atoms with Gasteiger partial charge in [0.15, 0.2) is 5.96 Å². The molecule has 0 atom stereocenters. The van der Waals surface area contributed by atoms with Gasteiger partial charge in [0.05, 0.1) is 12.5 Å². The van der Waals surface area contributed by atoms with Gasteiger partial charge in [-0.2, -0.15) is 0 Å². The standard InChI is InChI=1S/C20H30BrN3O2/c1-5-26-18(25)15-10-12-24(13-11-15)19(22-4)23-14-20(2,3)16-6-8-17(21)9-7-16/h6-9,15H,5,10-14H2,1-4H3,(H,22,23). The first-order valence-electron chi connectivity index (χ1n) is 9.25. The van der Waals surface area contributed by atoms with E-state index in [2.05, 4.69) is 69.3 Å². The van der Waals surface area contributed by atoms with Gasteiger partial charge in [-0.1, -0.05) is 41.9 Å². The van der Waals surface area contributed by atoms with Crippen molar-refractivity contribution in [1.82, 2.24) is 10.2 Å². The fourth-order valence-corrected chi connectivity index (χ4v) is 3.49. The maximum absolute atomic E-state index is 11.9. The molecule has 1 aromatic rings. The molecule has 1 N–H and O–H groups in total. The molecule has 1 heterocycles. The molecule has 0 aromatic heterocycles. The van der Waals surface area contributed by atoms with E-state index in [1.807, 2.05) is 14.0 Å². The summed E-state index contributed by atoms with van der Waals surface area (Å²) in [6.07, 6.45) is 1.63. The summed E-state index contributed by atoms with van der Waals surface area (Å²) in [5, 5.41) is 3.51. The smallest absolute Gasteiger partial charge is 0.309 e. The molecule has 0 saturated carbocycles. The number of guanidine groups is 1. The zero-order valence-electron chi connectivity index (χ0n) is 16.2. The van der Waals surface area contributed by atoms with E-state index in [0.29, 0.717) is 6.61 Å². The number of rotatable bonds is 5. The number of halogens is 1. The highest BCUT2D eigenvalue weighted by Gasteiger charge is 2.28. The molecule has 5 nitrogen and oxygen atoms in total. The molecule has 0 unspecified atom stereocenters. The van der Waals surface area contributed by atoms with Gasteiger partial charge in [-0.25, -0.2) is 0 Å². The summed E-state index contributed by atoms with van der Waals surface area (Å²) in [6, 6.07) is 8.46. The van der Waals surface area contributed by atoms with Gasteiger partial charge in [-0.3, -0.25) is 9.79 Å². The lowest BCUT2D eigenvalue weighted by Crippen LogP contribution is -2.49. The summed E-state index contributed by atoms with van der Waals surface area (Å²) >= 11 is 3.49. The van der Waals surface area contributed by atoms with Crippen molar-refractivity contribution in [2.45, 2.75) is 39.0 Å². The Labute approximate surface area is 165 Å². The van der Waals surface area contributed by atoms with Crippen molar-refractivity contribution in [3.05, 3.63) is 34.3 Å². The Morgan fingerprint density at radius 2 is 1.92 bits per heavy atom. The highest BCUT2D eigenvalue weighted by molar-refractivity contribution is 9.10. The van der Waals surface area contributed by atoms with Crippen LogP contribution in [0.15, 0.2) is 33.7 Å². The van der Waals surface area contributed by atoms with Crippen LogP contribution < -0.4 is 5.32 Å². The maximum atomic E-state index is 11.9. The number of ether oxygens (including phenoxy) is 1. The van der Waals surface area contributed by atoms with Crippen molar-refractivity contribution in [2.24, 2.45) is 10.9 Å². The van der Waals surface area contributed by atoms with Crippen LogP contribution in [0, 0.1) is 5.92 Å². The molecule has 1 aliphatic rings. The van der Waals surface area contributed by atoms with Crippen molar-refractivity contribution in [1.29, 1.82) is 0 Å².